The molecule has 0 aliphatic carbocycles. The number of H-pyrrole nitrogens is 1. The van der Waals surface area contributed by atoms with Crippen molar-refractivity contribution in [1.29, 1.82) is 0 Å². The number of rotatable bonds is 5. The van der Waals surface area contributed by atoms with Crippen molar-refractivity contribution in [3.05, 3.63) is 47.5 Å². The maximum atomic E-state index is 13.0. The highest BCUT2D eigenvalue weighted by atomic mass is 32.2. The molecule has 0 fully saturated rings. The highest BCUT2D eigenvalue weighted by Gasteiger charge is 2.22. The third-order valence-corrected chi connectivity index (χ3v) is 6.12. The summed E-state index contributed by atoms with van der Waals surface area (Å²) in [6.45, 7) is 4.16. The molecule has 1 unspecified atom stereocenters. The Morgan fingerprint density at radius 1 is 1.31 bits per heavy atom. The Balaban J connectivity index is 1.71. The third kappa shape index (κ3) is 3.09. The van der Waals surface area contributed by atoms with Crippen molar-refractivity contribution in [3.63, 3.8) is 0 Å². The van der Waals surface area contributed by atoms with Crippen LogP contribution in [-0.4, -0.2) is 34.4 Å². The topological polar surface area (TPSA) is 58.2 Å². The highest BCUT2D eigenvalue weighted by molar-refractivity contribution is 7.84. The van der Waals surface area contributed by atoms with Crippen molar-refractivity contribution >= 4 is 27.5 Å². The van der Waals surface area contributed by atoms with Gasteiger partial charge >= 0.3 is 0 Å². The van der Waals surface area contributed by atoms with Crippen molar-refractivity contribution in [2.24, 2.45) is 0 Å². The molecule has 1 atom stereocenters. The first-order valence-corrected chi connectivity index (χ1v) is 10.3. The van der Waals surface area contributed by atoms with E-state index in [9.17, 15) is 4.21 Å². The van der Waals surface area contributed by atoms with Gasteiger partial charge in [0.15, 0.2) is 5.16 Å². The fraction of sp³-hybridized carbons (Fsp3) is 0.350. The maximum Gasteiger partial charge on any atom is 0.197 e. The molecule has 5 nitrogen and oxygen atoms in total. The fourth-order valence-electron chi connectivity index (χ4n) is 3.69. The van der Waals surface area contributed by atoms with E-state index in [-0.39, 0.29) is 0 Å². The first-order chi connectivity index (χ1) is 12.7. The molecule has 26 heavy (non-hydrogen) atoms. The van der Waals surface area contributed by atoms with Gasteiger partial charge in [-0.15, -0.1) is 0 Å². The molecule has 4 rings (SSSR count). The molecule has 6 heteroatoms. The van der Waals surface area contributed by atoms with Gasteiger partial charge in [-0.2, -0.15) is 0 Å². The van der Waals surface area contributed by atoms with Crippen LogP contribution >= 0.6 is 0 Å². The van der Waals surface area contributed by atoms with E-state index in [0.717, 1.165) is 48.3 Å². The summed E-state index contributed by atoms with van der Waals surface area (Å²) >= 11 is 0. The number of hydrogen-bond donors (Lipinski definition) is 1. The lowest BCUT2D eigenvalue weighted by Crippen LogP contribution is -2.30. The van der Waals surface area contributed by atoms with Gasteiger partial charge in [-0.1, -0.05) is 12.1 Å². The summed E-state index contributed by atoms with van der Waals surface area (Å²) in [5.41, 5.74) is 5.34. The minimum atomic E-state index is -1.24. The Kier molecular flexibility index (Phi) is 4.68. The Labute approximate surface area is 155 Å². The zero-order chi connectivity index (χ0) is 18.1. The lowest BCUT2D eigenvalue weighted by Gasteiger charge is -2.32. The van der Waals surface area contributed by atoms with Gasteiger partial charge < -0.3 is 14.6 Å². The number of nitrogens with one attached hydrogen (secondary N) is 1. The molecule has 1 N–H and O–H groups in total. The van der Waals surface area contributed by atoms with Crippen LogP contribution < -0.4 is 9.64 Å². The zero-order valence-corrected chi connectivity index (χ0v) is 15.9. The summed E-state index contributed by atoms with van der Waals surface area (Å²) in [7, 11) is 0.442. The number of aromatic amines is 1. The molecule has 1 aromatic heterocycles. The summed E-state index contributed by atoms with van der Waals surface area (Å²) in [6.07, 6.45) is 2.17. The van der Waals surface area contributed by atoms with E-state index >= 15 is 0 Å². The number of fused-ring (bicyclic) bond motifs is 2. The SMILES string of the molecule is CCN1CCCc2cc(OC)cc(CS(=O)c3nc4ccccc4[nH]3)c21. The Hall–Kier alpha value is -2.34. The number of aromatic nitrogens is 2. The molecule has 2 aromatic carbocycles. The molecule has 0 amide bonds. The lowest BCUT2D eigenvalue weighted by molar-refractivity contribution is 0.413. The maximum absolute atomic E-state index is 13.0. The number of anilines is 1. The van der Waals surface area contributed by atoms with Gasteiger partial charge in [-0.25, -0.2) is 4.98 Å². The van der Waals surface area contributed by atoms with Crippen molar-refractivity contribution in [2.45, 2.75) is 30.7 Å². The molecule has 136 valence electrons. The average molecular weight is 369 g/mol. The molecular weight excluding hydrogens is 346 g/mol. The van der Waals surface area contributed by atoms with Crippen LogP contribution in [0, 0.1) is 0 Å². The number of aryl methyl sites for hydroxylation is 1. The van der Waals surface area contributed by atoms with E-state index in [4.69, 9.17) is 4.74 Å². The molecule has 2 heterocycles. The number of imidazole rings is 1. The van der Waals surface area contributed by atoms with Crippen LogP contribution in [0.1, 0.15) is 24.5 Å². The van der Waals surface area contributed by atoms with Crippen LogP contribution in [0.3, 0.4) is 0 Å². The Morgan fingerprint density at radius 2 is 2.15 bits per heavy atom. The van der Waals surface area contributed by atoms with Gasteiger partial charge in [0.05, 0.1) is 34.7 Å². The van der Waals surface area contributed by atoms with Gasteiger partial charge in [-0.05, 0) is 55.2 Å². The van der Waals surface area contributed by atoms with Crippen LogP contribution in [0.4, 0.5) is 5.69 Å². The number of para-hydroxylation sites is 2. The van der Waals surface area contributed by atoms with E-state index in [2.05, 4.69) is 27.9 Å². The summed E-state index contributed by atoms with van der Waals surface area (Å²) in [6, 6.07) is 11.9. The number of hydrogen-bond acceptors (Lipinski definition) is 4. The predicted octanol–water partition coefficient (Wildman–Crippen LogP) is 3.65. The molecule has 1 aliphatic rings. The van der Waals surface area contributed by atoms with Crippen LogP contribution in [0.5, 0.6) is 5.75 Å². The van der Waals surface area contributed by atoms with Crippen molar-refractivity contribution < 1.29 is 8.95 Å². The number of ether oxygens (including phenoxy) is 1. The van der Waals surface area contributed by atoms with Crippen LogP contribution in [0.15, 0.2) is 41.6 Å². The van der Waals surface area contributed by atoms with Crippen molar-refractivity contribution in [1.82, 2.24) is 9.97 Å². The van der Waals surface area contributed by atoms with Crippen LogP contribution in [0.25, 0.3) is 11.0 Å². The van der Waals surface area contributed by atoms with Gasteiger partial charge in [0.25, 0.3) is 0 Å². The molecule has 0 spiro atoms. The van der Waals surface area contributed by atoms with Gasteiger partial charge in [0, 0.05) is 18.8 Å². The monoisotopic (exact) mass is 369 g/mol. The summed E-state index contributed by atoms with van der Waals surface area (Å²) in [5.74, 6) is 1.26. The molecule has 0 saturated carbocycles. The first-order valence-electron chi connectivity index (χ1n) is 8.97. The third-order valence-electron chi connectivity index (χ3n) is 4.92. The zero-order valence-electron chi connectivity index (χ0n) is 15.1. The predicted molar refractivity (Wildman–Crippen MR) is 105 cm³/mol. The largest absolute Gasteiger partial charge is 0.497 e. The number of nitrogens with zero attached hydrogens (tertiary/aromatic N) is 2. The normalized spacial score (nSPS) is 15.1. The fourth-order valence-corrected chi connectivity index (χ4v) is 4.75. The molecule has 0 radical (unpaired) electrons. The van der Waals surface area contributed by atoms with E-state index in [0.29, 0.717) is 10.9 Å². The molecule has 0 saturated heterocycles. The van der Waals surface area contributed by atoms with E-state index in [1.165, 1.54) is 11.3 Å². The van der Waals surface area contributed by atoms with E-state index < -0.39 is 10.8 Å². The van der Waals surface area contributed by atoms with Gasteiger partial charge in [0.1, 0.15) is 5.75 Å². The van der Waals surface area contributed by atoms with Crippen molar-refractivity contribution in [2.75, 3.05) is 25.1 Å². The number of methoxy groups -OCH3 is 1. The summed E-state index contributed by atoms with van der Waals surface area (Å²) in [4.78, 5) is 10.1. The first kappa shape index (κ1) is 17.1. The second kappa shape index (κ2) is 7.11. The Morgan fingerprint density at radius 3 is 2.92 bits per heavy atom. The van der Waals surface area contributed by atoms with E-state index in [1.54, 1.807) is 7.11 Å². The highest BCUT2D eigenvalue weighted by Crippen LogP contribution is 2.35. The molecule has 1 aliphatic heterocycles. The minimum Gasteiger partial charge on any atom is -0.497 e. The number of benzene rings is 2. The summed E-state index contributed by atoms with van der Waals surface area (Å²) < 4.78 is 18.5. The second-order valence-corrected chi connectivity index (χ2v) is 7.89. The molecule has 0 bridgehead atoms. The molecule has 3 aromatic rings. The van der Waals surface area contributed by atoms with Crippen LogP contribution in [0.2, 0.25) is 0 Å². The summed E-state index contributed by atoms with van der Waals surface area (Å²) in [5, 5.41) is 0.529. The van der Waals surface area contributed by atoms with Gasteiger partial charge in [0.2, 0.25) is 0 Å². The smallest absolute Gasteiger partial charge is 0.197 e. The molecular formula is C20H23N3O2S. The second-order valence-electron chi connectivity index (χ2n) is 6.53. The quantitative estimate of drug-likeness (QED) is 0.746. The minimum absolute atomic E-state index is 0.426. The standard InChI is InChI=1S/C20H23N3O2S/c1-3-23-10-6-7-14-11-16(25-2)12-15(19(14)23)13-26(24)20-21-17-8-4-5-9-18(17)22-20/h4-5,8-9,11-12H,3,6-7,10,13H2,1-2H3,(H,21,22). The van der Waals surface area contributed by atoms with Crippen LogP contribution in [-0.2, 0) is 23.0 Å². The average Bonchev–Trinajstić information content (AvgIpc) is 3.11. The van der Waals surface area contributed by atoms with Gasteiger partial charge in [-0.3, -0.25) is 4.21 Å². The van der Waals surface area contributed by atoms with Crippen molar-refractivity contribution in [3.8, 4) is 5.75 Å². The lowest BCUT2D eigenvalue weighted by atomic mass is 9.97. The Bertz CT molecular complexity index is 934. The van der Waals surface area contributed by atoms with E-state index in [1.807, 2.05) is 30.3 Å².